The molecule has 70 valence electrons. The lowest BCUT2D eigenvalue weighted by Gasteiger charge is -2.03. The highest BCUT2D eigenvalue weighted by Gasteiger charge is 2.17. The largest absolute Gasteiger partial charge is 0.478 e. The molecule has 0 atom stereocenters. The van der Waals surface area contributed by atoms with E-state index in [2.05, 4.69) is 15.9 Å². The molecule has 0 bridgehead atoms. The number of carbonyl (C=O) groups is 2. The summed E-state index contributed by atoms with van der Waals surface area (Å²) >= 11 is 3.03. The number of aldehydes is 1. The van der Waals surface area contributed by atoms with Crippen LogP contribution in [0.5, 0.6) is 0 Å². The minimum absolute atomic E-state index is 0.0171. The van der Waals surface area contributed by atoms with E-state index in [0.717, 1.165) is 0 Å². The van der Waals surface area contributed by atoms with E-state index in [9.17, 15) is 9.59 Å². The summed E-state index contributed by atoms with van der Waals surface area (Å²) in [4.78, 5) is 21.4. The molecular formula is C9H4BrNO3. The van der Waals surface area contributed by atoms with Crippen molar-refractivity contribution in [1.82, 2.24) is 0 Å². The van der Waals surface area contributed by atoms with Crippen molar-refractivity contribution in [2.45, 2.75) is 0 Å². The number of rotatable bonds is 2. The van der Waals surface area contributed by atoms with Crippen molar-refractivity contribution >= 4 is 28.2 Å². The molecule has 1 aromatic rings. The predicted molar refractivity (Wildman–Crippen MR) is 51.2 cm³/mol. The average Bonchev–Trinajstić information content (AvgIpc) is 2.17. The second-order valence-corrected chi connectivity index (χ2v) is 3.27. The Morgan fingerprint density at radius 3 is 2.64 bits per heavy atom. The Bertz CT molecular complexity index is 448. The van der Waals surface area contributed by atoms with Gasteiger partial charge in [-0.15, -0.1) is 0 Å². The van der Waals surface area contributed by atoms with Crippen molar-refractivity contribution in [2.75, 3.05) is 0 Å². The van der Waals surface area contributed by atoms with Crippen LogP contribution in [-0.4, -0.2) is 17.4 Å². The van der Waals surface area contributed by atoms with E-state index in [1.807, 2.05) is 0 Å². The first-order valence-electron chi connectivity index (χ1n) is 3.53. The minimum Gasteiger partial charge on any atom is -0.478 e. The normalized spacial score (nSPS) is 9.14. The van der Waals surface area contributed by atoms with Crippen molar-refractivity contribution in [3.05, 3.63) is 33.3 Å². The van der Waals surface area contributed by atoms with Crippen LogP contribution in [0.25, 0.3) is 0 Å². The zero-order valence-electron chi connectivity index (χ0n) is 6.82. The monoisotopic (exact) mass is 253 g/mol. The topological polar surface area (TPSA) is 78.2 Å². The maximum absolute atomic E-state index is 10.8. The molecule has 0 heterocycles. The summed E-state index contributed by atoms with van der Waals surface area (Å²) in [5.41, 5.74) is -0.309. The number of halogens is 1. The van der Waals surface area contributed by atoms with E-state index in [1.54, 1.807) is 6.07 Å². The first-order chi connectivity index (χ1) is 6.61. The second kappa shape index (κ2) is 4.03. The third-order valence-corrected chi connectivity index (χ3v) is 2.34. The molecule has 1 rings (SSSR count). The van der Waals surface area contributed by atoms with Crippen LogP contribution in [0.1, 0.15) is 26.3 Å². The highest BCUT2D eigenvalue weighted by molar-refractivity contribution is 9.10. The molecule has 4 nitrogen and oxygen atoms in total. The van der Waals surface area contributed by atoms with Gasteiger partial charge in [0, 0.05) is 10.0 Å². The molecular weight excluding hydrogens is 250 g/mol. The van der Waals surface area contributed by atoms with Crippen molar-refractivity contribution in [3.8, 4) is 6.07 Å². The van der Waals surface area contributed by atoms with E-state index in [-0.39, 0.29) is 16.7 Å². The van der Waals surface area contributed by atoms with Crippen molar-refractivity contribution < 1.29 is 14.7 Å². The maximum atomic E-state index is 10.8. The van der Waals surface area contributed by atoms with Crippen LogP contribution in [0.3, 0.4) is 0 Å². The van der Waals surface area contributed by atoms with Crippen LogP contribution in [-0.2, 0) is 0 Å². The van der Waals surface area contributed by atoms with Gasteiger partial charge in [-0.2, -0.15) is 5.26 Å². The fourth-order valence-corrected chi connectivity index (χ4v) is 1.46. The van der Waals surface area contributed by atoms with Gasteiger partial charge in [0.2, 0.25) is 0 Å². The lowest BCUT2D eigenvalue weighted by atomic mass is 10.0. The fraction of sp³-hybridized carbons (Fsp3) is 0. The first kappa shape index (κ1) is 10.4. The standard InChI is InChI=1S/C9H4BrNO3/c10-7-2-1-5(3-11)8(9(13)14)6(7)4-12/h1-2,4H,(H,13,14). The summed E-state index contributed by atoms with van der Waals surface area (Å²) in [5.74, 6) is -1.29. The zero-order valence-corrected chi connectivity index (χ0v) is 8.41. The van der Waals surface area contributed by atoms with Gasteiger partial charge in [0.15, 0.2) is 6.29 Å². The molecule has 0 saturated heterocycles. The molecule has 0 aromatic heterocycles. The Morgan fingerprint density at radius 2 is 2.21 bits per heavy atom. The lowest BCUT2D eigenvalue weighted by molar-refractivity contribution is 0.0693. The number of carboxylic acids is 1. The summed E-state index contributed by atoms with van der Waals surface area (Å²) in [6.45, 7) is 0. The van der Waals surface area contributed by atoms with Crippen LogP contribution in [0.2, 0.25) is 0 Å². The summed E-state index contributed by atoms with van der Waals surface area (Å²) in [6, 6.07) is 4.53. The van der Waals surface area contributed by atoms with Crippen LogP contribution in [0, 0.1) is 11.3 Å². The molecule has 1 N–H and O–H groups in total. The SMILES string of the molecule is N#Cc1ccc(Br)c(C=O)c1C(=O)O. The van der Waals surface area contributed by atoms with Crippen molar-refractivity contribution in [3.63, 3.8) is 0 Å². The third-order valence-electron chi connectivity index (χ3n) is 1.64. The molecule has 0 aliphatic carbocycles. The van der Waals surface area contributed by atoms with Gasteiger partial charge in [-0.25, -0.2) is 4.79 Å². The number of hydrogen-bond acceptors (Lipinski definition) is 3. The maximum Gasteiger partial charge on any atom is 0.337 e. The summed E-state index contributed by atoms with van der Waals surface area (Å²) < 4.78 is 0.365. The Labute approximate surface area is 87.9 Å². The van der Waals surface area contributed by atoms with Crippen LogP contribution in [0.4, 0.5) is 0 Å². The van der Waals surface area contributed by atoms with Gasteiger partial charge < -0.3 is 5.11 Å². The second-order valence-electron chi connectivity index (χ2n) is 2.42. The van der Waals surface area contributed by atoms with Gasteiger partial charge in [0.25, 0.3) is 0 Å². The molecule has 0 aliphatic heterocycles. The van der Waals surface area contributed by atoms with E-state index in [1.165, 1.54) is 12.1 Å². The molecule has 0 amide bonds. The van der Waals surface area contributed by atoms with Crippen LogP contribution in [0.15, 0.2) is 16.6 Å². The summed E-state index contributed by atoms with van der Waals surface area (Å²) in [7, 11) is 0. The van der Waals surface area contributed by atoms with Gasteiger partial charge in [-0.3, -0.25) is 4.79 Å². The van der Waals surface area contributed by atoms with Crippen LogP contribution >= 0.6 is 15.9 Å². The van der Waals surface area contributed by atoms with E-state index in [0.29, 0.717) is 10.8 Å². The van der Waals surface area contributed by atoms with Gasteiger partial charge in [-0.1, -0.05) is 15.9 Å². The minimum atomic E-state index is -1.29. The Balaban J connectivity index is 3.62. The van der Waals surface area contributed by atoms with Crippen molar-refractivity contribution in [1.29, 1.82) is 5.26 Å². The van der Waals surface area contributed by atoms with Gasteiger partial charge in [0.1, 0.15) is 6.07 Å². The number of carboxylic acid groups (broad SMARTS) is 1. The van der Waals surface area contributed by atoms with Gasteiger partial charge in [-0.05, 0) is 12.1 Å². The molecule has 0 fully saturated rings. The van der Waals surface area contributed by atoms with Gasteiger partial charge >= 0.3 is 5.97 Å². The average molecular weight is 254 g/mol. The molecule has 0 unspecified atom stereocenters. The highest BCUT2D eigenvalue weighted by Crippen LogP contribution is 2.22. The molecule has 0 aliphatic rings. The number of nitriles is 1. The number of carbonyl (C=O) groups excluding carboxylic acids is 1. The van der Waals surface area contributed by atoms with Crippen molar-refractivity contribution in [2.24, 2.45) is 0 Å². The van der Waals surface area contributed by atoms with E-state index in [4.69, 9.17) is 10.4 Å². The first-order valence-corrected chi connectivity index (χ1v) is 4.32. The number of hydrogen-bond donors (Lipinski definition) is 1. The van der Waals surface area contributed by atoms with E-state index >= 15 is 0 Å². The van der Waals surface area contributed by atoms with Crippen LogP contribution < -0.4 is 0 Å². The third kappa shape index (κ3) is 1.65. The van der Waals surface area contributed by atoms with E-state index < -0.39 is 5.97 Å². The Morgan fingerprint density at radius 1 is 1.57 bits per heavy atom. The Kier molecular flexibility index (Phi) is 2.99. The molecule has 5 heteroatoms. The fourth-order valence-electron chi connectivity index (χ4n) is 1.03. The molecule has 1 aromatic carbocycles. The smallest absolute Gasteiger partial charge is 0.337 e. The molecule has 0 saturated carbocycles. The number of benzene rings is 1. The number of aromatic carboxylic acids is 1. The molecule has 14 heavy (non-hydrogen) atoms. The quantitative estimate of drug-likeness (QED) is 0.816. The summed E-state index contributed by atoms with van der Waals surface area (Å²) in [6.07, 6.45) is 0.411. The predicted octanol–water partition coefficient (Wildman–Crippen LogP) is 1.83. The zero-order chi connectivity index (χ0) is 10.7. The van der Waals surface area contributed by atoms with Gasteiger partial charge in [0.05, 0.1) is 11.1 Å². The Hall–Kier alpha value is -1.67. The molecule has 0 spiro atoms. The molecule has 0 radical (unpaired) electrons. The lowest BCUT2D eigenvalue weighted by Crippen LogP contribution is -2.05. The highest BCUT2D eigenvalue weighted by atomic mass is 79.9. The summed E-state index contributed by atoms with van der Waals surface area (Å²) in [5, 5.41) is 17.4. The number of nitrogens with zero attached hydrogens (tertiary/aromatic N) is 1.